The highest BCUT2D eigenvalue weighted by Crippen LogP contribution is 2.33. The molecule has 2 aliphatic heterocycles. The first-order chi connectivity index (χ1) is 15.9. The zero-order valence-electron chi connectivity index (χ0n) is 18.5. The molecule has 2 aliphatic rings. The molecule has 2 aromatic carbocycles. The number of hydrogen-bond donors (Lipinski definition) is 0. The summed E-state index contributed by atoms with van der Waals surface area (Å²) in [5.74, 6) is -0.470. The fraction of sp³-hybridized carbons (Fsp3) is 0.333. The summed E-state index contributed by atoms with van der Waals surface area (Å²) in [5, 5.41) is 0. The van der Waals surface area contributed by atoms with Crippen LogP contribution in [0.15, 0.2) is 59.5 Å². The zero-order valence-corrected chi connectivity index (χ0v) is 19.3. The number of amides is 2. The molecule has 0 N–H and O–H groups in total. The van der Waals surface area contributed by atoms with Crippen molar-refractivity contribution < 1.29 is 22.7 Å². The number of hydrogen-bond acceptors (Lipinski definition) is 6. The van der Waals surface area contributed by atoms with E-state index in [-0.39, 0.29) is 41.0 Å². The zero-order chi connectivity index (χ0) is 23.4. The third-order valence-electron chi connectivity index (χ3n) is 5.88. The molecule has 2 heterocycles. The van der Waals surface area contributed by atoms with E-state index in [9.17, 15) is 18.0 Å². The van der Waals surface area contributed by atoms with Gasteiger partial charge in [0.2, 0.25) is 21.8 Å². The number of rotatable bonds is 7. The normalized spacial score (nSPS) is 18.4. The standard InChI is InChI=1S/C24H27N3O5S/c1-32-21-10-9-20(27-23(28)11-12-24(27)29)18-22(21)33(30,31)26-16-14-25(15-17-26)13-5-8-19-6-3-2-4-7-19/h2-10,18H,11-17H2,1H3/b8-5+. The van der Waals surface area contributed by atoms with E-state index in [1.165, 1.54) is 29.6 Å². The molecule has 0 atom stereocenters. The van der Waals surface area contributed by atoms with E-state index in [4.69, 9.17) is 4.74 Å². The van der Waals surface area contributed by atoms with Gasteiger partial charge in [-0.25, -0.2) is 8.42 Å². The number of carbonyl (C=O) groups is 2. The van der Waals surface area contributed by atoms with Crippen molar-refractivity contribution in [2.24, 2.45) is 0 Å². The molecule has 2 aromatic rings. The van der Waals surface area contributed by atoms with E-state index in [2.05, 4.69) is 17.1 Å². The fourth-order valence-electron chi connectivity index (χ4n) is 4.06. The summed E-state index contributed by atoms with van der Waals surface area (Å²) >= 11 is 0. The van der Waals surface area contributed by atoms with Crippen LogP contribution in [-0.4, -0.2) is 69.3 Å². The van der Waals surface area contributed by atoms with Crippen LogP contribution in [0.3, 0.4) is 0 Å². The molecule has 0 radical (unpaired) electrons. The second kappa shape index (κ2) is 9.86. The van der Waals surface area contributed by atoms with Crippen LogP contribution in [-0.2, 0) is 19.6 Å². The van der Waals surface area contributed by atoms with E-state index in [1.807, 2.05) is 30.3 Å². The van der Waals surface area contributed by atoms with Crippen LogP contribution >= 0.6 is 0 Å². The number of ether oxygens (including phenoxy) is 1. The van der Waals surface area contributed by atoms with E-state index in [0.717, 1.165) is 17.0 Å². The largest absolute Gasteiger partial charge is 0.495 e. The number of methoxy groups -OCH3 is 1. The molecule has 0 aliphatic carbocycles. The molecule has 0 spiro atoms. The monoisotopic (exact) mass is 469 g/mol. The number of carbonyl (C=O) groups excluding carboxylic acids is 2. The van der Waals surface area contributed by atoms with Crippen LogP contribution in [0.5, 0.6) is 5.75 Å². The second-order valence-corrected chi connectivity index (χ2v) is 9.88. The molecule has 33 heavy (non-hydrogen) atoms. The quantitative estimate of drug-likeness (QED) is 0.579. The maximum absolute atomic E-state index is 13.4. The highest BCUT2D eigenvalue weighted by atomic mass is 32.2. The first-order valence-corrected chi connectivity index (χ1v) is 12.3. The number of benzene rings is 2. The van der Waals surface area contributed by atoms with Gasteiger partial charge in [0, 0.05) is 45.6 Å². The lowest BCUT2D eigenvalue weighted by molar-refractivity contribution is -0.121. The van der Waals surface area contributed by atoms with Crippen molar-refractivity contribution in [1.82, 2.24) is 9.21 Å². The summed E-state index contributed by atoms with van der Waals surface area (Å²) in [7, 11) is -2.46. The predicted octanol–water partition coefficient (Wildman–Crippen LogP) is 2.37. The van der Waals surface area contributed by atoms with Crippen LogP contribution in [0.2, 0.25) is 0 Å². The Kier molecular flexibility index (Phi) is 6.92. The molecule has 0 saturated carbocycles. The third kappa shape index (κ3) is 5.00. The molecular formula is C24H27N3O5S. The minimum absolute atomic E-state index is 0.0348. The summed E-state index contributed by atoms with van der Waals surface area (Å²) in [4.78, 5) is 27.4. The first-order valence-electron chi connectivity index (χ1n) is 10.9. The SMILES string of the molecule is COc1ccc(N2C(=O)CCC2=O)cc1S(=O)(=O)N1CCN(C/C=C/c2ccccc2)CC1. The van der Waals surface area contributed by atoms with Gasteiger partial charge in [0.25, 0.3) is 0 Å². The lowest BCUT2D eigenvalue weighted by Crippen LogP contribution is -2.48. The smallest absolute Gasteiger partial charge is 0.246 e. The Morgan fingerprint density at radius 1 is 0.939 bits per heavy atom. The van der Waals surface area contributed by atoms with Gasteiger partial charge in [-0.05, 0) is 23.8 Å². The summed E-state index contributed by atoms with van der Waals surface area (Å²) in [6.07, 6.45) is 4.40. The van der Waals surface area contributed by atoms with Gasteiger partial charge in [0.15, 0.2) is 0 Å². The van der Waals surface area contributed by atoms with Crippen molar-refractivity contribution in [2.75, 3.05) is 44.7 Å². The van der Waals surface area contributed by atoms with Gasteiger partial charge >= 0.3 is 0 Å². The van der Waals surface area contributed by atoms with Gasteiger partial charge < -0.3 is 4.74 Å². The molecule has 4 rings (SSSR count). The average molecular weight is 470 g/mol. The Labute approximate surface area is 194 Å². The van der Waals surface area contributed by atoms with Gasteiger partial charge in [0.05, 0.1) is 12.8 Å². The summed E-state index contributed by atoms with van der Waals surface area (Å²) < 4.78 is 33.6. The minimum atomic E-state index is -3.86. The number of nitrogens with zero attached hydrogens (tertiary/aromatic N) is 3. The van der Waals surface area contributed by atoms with Crippen molar-refractivity contribution in [3.8, 4) is 5.75 Å². The summed E-state index contributed by atoms with van der Waals surface area (Å²) in [5.41, 5.74) is 1.38. The Hall–Kier alpha value is -3.01. The van der Waals surface area contributed by atoms with E-state index < -0.39 is 10.0 Å². The fourth-order valence-corrected chi connectivity index (χ4v) is 5.66. The molecule has 2 saturated heterocycles. The first kappa shape index (κ1) is 23.2. The molecule has 0 bridgehead atoms. The van der Waals surface area contributed by atoms with Crippen molar-refractivity contribution in [2.45, 2.75) is 17.7 Å². The lowest BCUT2D eigenvalue weighted by Gasteiger charge is -2.33. The molecule has 2 amide bonds. The summed E-state index contributed by atoms with van der Waals surface area (Å²) in [6, 6.07) is 14.4. The lowest BCUT2D eigenvalue weighted by atomic mass is 10.2. The Morgan fingerprint density at radius 2 is 1.61 bits per heavy atom. The molecular weight excluding hydrogens is 442 g/mol. The van der Waals surface area contributed by atoms with Gasteiger partial charge in [-0.2, -0.15) is 4.31 Å². The van der Waals surface area contributed by atoms with Crippen LogP contribution in [0.25, 0.3) is 6.08 Å². The predicted molar refractivity (Wildman–Crippen MR) is 125 cm³/mol. The second-order valence-electron chi connectivity index (χ2n) is 7.98. The highest BCUT2D eigenvalue weighted by Gasteiger charge is 2.34. The van der Waals surface area contributed by atoms with Crippen LogP contribution in [0, 0.1) is 0 Å². The Bertz CT molecular complexity index is 1140. The number of sulfonamides is 1. The number of piperazine rings is 1. The van der Waals surface area contributed by atoms with Gasteiger partial charge in [0.1, 0.15) is 10.6 Å². The van der Waals surface area contributed by atoms with Crippen LogP contribution in [0.1, 0.15) is 18.4 Å². The maximum atomic E-state index is 13.4. The number of imide groups is 1. The molecule has 174 valence electrons. The number of anilines is 1. The highest BCUT2D eigenvalue weighted by molar-refractivity contribution is 7.89. The van der Waals surface area contributed by atoms with Crippen molar-refractivity contribution in [1.29, 1.82) is 0 Å². The van der Waals surface area contributed by atoms with Gasteiger partial charge in [-0.3, -0.25) is 19.4 Å². The van der Waals surface area contributed by atoms with E-state index in [1.54, 1.807) is 0 Å². The van der Waals surface area contributed by atoms with E-state index in [0.29, 0.717) is 26.2 Å². The van der Waals surface area contributed by atoms with Gasteiger partial charge in [-0.15, -0.1) is 0 Å². The van der Waals surface area contributed by atoms with E-state index >= 15 is 0 Å². The summed E-state index contributed by atoms with van der Waals surface area (Å²) in [6.45, 7) is 2.63. The van der Waals surface area contributed by atoms with Crippen molar-refractivity contribution in [3.05, 3.63) is 60.2 Å². The molecule has 8 nitrogen and oxygen atoms in total. The molecule has 2 fully saturated rings. The average Bonchev–Trinajstić information content (AvgIpc) is 3.17. The minimum Gasteiger partial charge on any atom is -0.495 e. The Morgan fingerprint density at radius 3 is 2.24 bits per heavy atom. The topological polar surface area (TPSA) is 87.2 Å². The van der Waals surface area contributed by atoms with Crippen molar-refractivity contribution in [3.63, 3.8) is 0 Å². The Balaban J connectivity index is 1.46. The van der Waals surface area contributed by atoms with Crippen LogP contribution in [0.4, 0.5) is 5.69 Å². The van der Waals surface area contributed by atoms with Gasteiger partial charge in [-0.1, -0.05) is 42.5 Å². The molecule has 0 unspecified atom stereocenters. The molecule has 9 heteroatoms. The van der Waals surface area contributed by atoms with Crippen LogP contribution < -0.4 is 9.64 Å². The maximum Gasteiger partial charge on any atom is 0.246 e. The van der Waals surface area contributed by atoms with Crippen molar-refractivity contribution >= 4 is 33.6 Å². The molecule has 0 aromatic heterocycles. The third-order valence-corrected chi connectivity index (χ3v) is 7.80.